The van der Waals surface area contributed by atoms with Crippen molar-refractivity contribution in [2.45, 2.75) is 31.3 Å². The van der Waals surface area contributed by atoms with Gasteiger partial charge in [-0.3, -0.25) is 13.9 Å². The minimum absolute atomic E-state index is 0.0251. The van der Waals surface area contributed by atoms with Crippen molar-refractivity contribution in [1.29, 1.82) is 0 Å². The van der Waals surface area contributed by atoms with Crippen LogP contribution in [0.25, 0.3) is 0 Å². The number of nitrogens with zero attached hydrogens (tertiary/aromatic N) is 2. The smallest absolute Gasteiger partial charge is 0.264 e. The minimum Gasteiger partial charge on any atom is -0.355 e. The number of anilines is 1. The molecule has 0 aliphatic heterocycles. The second kappa shape index (κ2) is 13.0. The molecule has 0 radical (unpaired) electrons. The Labute approximate surface area is 242 Å². The molecule has 0 aliphatic rings. The standard InChI is InChI=1S/C26H25Cl4N3O4S/c1-3-31-26(35)17(2)32(15-18-9-10-19(27)13-23(18)29)25(34)16-33(20-11-12-22(28)24(30)14-20)38(36,37)21-7-5-4-6-8-21/h4-14,17H,3,15-16H2,1-2H3,(H,31,35)/t17-/m0/s1. The van der Waals surface area contributed by atoms with E-state index < -0.39 is 34.4 Å². The maximum absolute atomic E-state index is 13.8. The van der Waals surface area contributed by atoms with Crippen LogP contribution in [0.15, 0.2) is 71.6 Å². The first-order valence-electron chi connectivity index (χ1n) is 11.5. The van der Waals surface area contributed by atoms with Gasteiger partial charge in [0.15, 0.2) is 0 Å². The fourth-order valence-corrected chi connectivity index (χ4v) is 5.81. The van der Waals surface area contributed by atoms with Gasteiger partial charge in [0, 0.05) is 23.1 Å². The molecule has 12 heteroatoms. The normalized spacial score (nSPS) is 12.1. The lowest BCUT2D eigenvalue weighted by Crippen LogP contribution is -2.51. The van der Waals surface area contributed by atoms with E-state index in [4.69, 9.17) is 46.4 Å². The van der Waals surface area contributed by atoms with Gasteiger partial charge in [-0.25, -0.2) is 8.42 Å². The predicted molar refractivity (Wildman–Crippen MR) is 153 cm³/mol. The van der Waals surface area contributed by atoms with Gasteiger partial charge in [0.1, 0.15) is 12.6 Å². The van der Waals surface area contributed by atoms with Gasteiger partial charge in [-0.2, -0.15) is 0 Å². The number of hydrogen-bond donors (Lipinski definition) is 1. The van der Waals surface area contributed by atoms with Crippen LogP contribution in [0.4, 0.5) is 5.69 Å². The third-order valence-electron chi connectivity index (χ3n) is 5.68. The van der Waals surface area contributed by atoms with Gasteiger partial charge < -0.3 is 10.2 Å². The van der Waals surface area contributed by atoms with E-state index >= 15 is 0 Å². The Bertz CT molecular complexity index is 1420. The maximum Gasteiger partial charge on any atom is 0.264 e. The van der Waals surface area contributed by atoms with Gasteiger partial charge in [-0.15, -0.1) is 0 Å². The van der Waals surface area contributed by atoms with Gasteiger partial charge in [-0.05, 0) is 61.9 Å². The van der Waals surface area contributed by atoms with Crippen molar-refractivity contribution in [3.63, 3.8) is 0 Å². The van der Waals surface area contributed by atoms with E-state index in [0.717, 1.165) is 4.31 Å². The number of amides is 2. The van der Waals surface area contributed by atoms with Gasteiger partial charge >= 0.3 is 0 Å². The monoisotopic (exact) mass is 615 g/mol. The van der Waals surface area contributed by atoms with Crippen molar-refractivity contribution in [3.8, 4) is 0 Å². The Morgan fingerprint density at radius 3 is 2.18 bits per heavy atom. The summed E-state index contributed by atoms with van der Waals surface area (Å²) in [6.07, 6.45) is 0. The van der Waals surface area contributed by atoms with Crippen LogP contribution in [-0.4, -0.2) is 44.3 Å². The number of sulfonamides is 1. The number of hydrogen-bond acceptors (Lipinski definition) is 4. The molecule has 3 rings (SSSR count). The van der Waals surface area contributed by atoms with E-state index in [-0.39, 0.29) is 27.2 Å². The Balaban J connectivity index is 2.06. The van der Waals surface area contributed by atoms with Crippen molar-refractivity contribution in [2.75, 3.05) is 17.4 Å². The number of carbonyl (C=O) groups excluding carboxylic acids is 2. The van der Waals surface area contributed by atoms with Crippen LogP contribution in [0.5, 0.6) is 0 Å². The molecule has 0 spiro atoms. The van der Waals surface area contributed by atoms with Crippen LogP contribution in [0.3, 0.4) is 0 Å². The molecule has 1 N–H and O–H groups in total. The van der Waals surface area contributed by atoms with Gasteiger partial charge in [-0.1, -0.05) is 70.7 Å². The molecule has 0 saturated heterocycles. The number of benzene rings is 3. The highest BCUT2D eigenvalue weighted by molar-refractivity contribution is 7.92. The van der Waals surface area contributed by atoms with Crippen LogP contribution < -0.4 is 9.62 Å². The molecule has 3 aromatic carbocycles. The SMILES string of the molecule is CCNC(=O)[C@H](C)N(Cc1ccc(Cl)cc1Cl)C(=O)CN(c1ccc(Cl)c(Cl)c1)S(=O)(=O)c1ccccc1. The van der Waals surface area contributed by atoms with Crippen LogP contribution >= 0.6 is 46.4 Å². The number of carbonyl (C=O) groups is 2. The highest BCUT2D eigenvalue weighted by atomic mass is 35.5. The first kappa shape index (κ1) is 30.1. The fourth-order valence-electron chi connectivity index (χ4n) is 3.63. The second-order valence-corrected chi connectivity index (χ2v) is 11.8. The molecule has 0 bridgehead atoms. The summed E-state index contributed by atoms with van der Waals surface area (Å²) in [7, 11) is -4.22. The van der Waals surface area contributed by atoms with Crippen molar-refractivity contribution >= 4 is 73.9 Å². The zero-order chi connectivity index (χ0) is 28.0. The van der Waals surface area contributed by atoms with E-state index in [0.29, 0.717) is 22.2 Å². The molecule has 0 aromatic heterocycles. The van der Waals surface area contributed by atoms with Crippen LogP contribution in [-0.2, 0) is 26.2 Å². The lowest BCUT2D eigenvalue weighted by Gasteiger charge is -2.32. The number of nitrogens with one attached hydrogen (secondary N) is 1. The zero-order valence-electron chi connectivity index (χ0n) is 20.5. The molecular formula is C26H25Cl4N3O4S. The highest BCUT2D eigenvalue weighted by Crippen LogP contribution is 2.31. The third kappa shape index (κ3) is 7.12. The minimum atomic E-state index is -4.22. The fraction of sp³-hybridized carbons (Fsp3) is 0.231. The lowest BCUT2D eigenvalue weighted by molar-refractivity contribution is -0.139. The van der Waals surface area contributed by atoms with E-state index in [1.54, 1.807) is 44.2 Å². The molecule has 0 saturated carbocycles. The molecule has 3 aromatic rings. The van der Waals surface area contributed by atoms with Crippen LogP contribution in [0, 0.1) is 0 Å². The highest BCUT2D eigenvalue weighted by Gasteiger charge is 2.33. The molecule has 202 valence electrons. The largest absolute Gasteiger partial charge is 0.355 e. The van der Waals surface area contributed by atoms with Crippen LogP contribution in [0.1, 0.15) is 19.4 Å². The predicted octanol–water partition coefficient (Wildman–Crippen LogP) is 6.05. The molecular weight excluding hydrogens is 592 g/mol. The Morgan fingerprint density at radius 1 is 0.895 bits per heavy atom. The van der Waals surface area contributed by atoms with E-state index in [1.807, 2.05) is 0 Å². The maximum atomic E-state index is 13.8. The Hall–Kier alpha value is -2.49. The van der Waals surface area contributed by atoms with Crippen molar-refractivity contribution in [2.24, 2.45) is 0 Å². The molecule has 7 nitrogen and oxygen atoms in total. The average molecular weight is 617 g/mol. The summed E-state index contributed by atoms with van der Waals surface area (Å²) in [5.74, 6) is -1.04. The summed E-state index contributed by atoms with van der Waals surface area (Å²) in [5, 5.41) is 3.75. The molecule has 2 amide bonds. The second-order valence-electron chi connectivity index (χ2n) is 8.25. The summed E-state index contributed by atoms with van der Waals surface area (Å²) in [6, 6.07) is 15.8. The van der Waals surface area contributed by atoms with Crippen molar-refractivity contribution < 1.29 is 18.0 Å². The van der Waals surface area contributed by atoms with Gasteiger partial charge in [0.25, 0.3) is 10.0 Å². The molecule has 0 unspecified atom stereocenters. The zero-order valence-corrected chi connectivity index (χ0v) is 24.3. The molecule has 0 aliphatic carbocycles. The first-order valence-corrected chi connectivity index (χ1v) is 14.4. The van der Waals surface area contributed by atoms with E-state index in [1.165, 1.54) is 41.3 Å². The molecule has 0 fully saturated rings. The lowest BCUT2D eigenvalue weighted by atomic mass is 10.1. The number of likely N-dealkylation sites (N-methyl/N-ethyl adjacent to an activating group) is 1. The number of rotatable bonds is 10. The summed E-state index contributed by atoms with van der Waals surface area (Å²) >= 11 is 24.6. The topological polar surface area (TPSA) is 86.8 Å². The summed E-state index contributed by atoms with van der Waals surface area (Å²) < 4.78 is 28.4. The van der Waals surface area contributed by atoms with Gasteiger partial charge in [0.05, 0.1) is 20.6 Å². The Kier molecular flexibility index (Phi) is 10.3. The third-order valence-corrected chi connectivity index (χ3v) is 8.79. The van der Waals surface area contributed by atoms with Crippen molar-refractivity contribution in [3.05, 3.63) is 92.4 Å². The van der Waals surface area contributed by atoms with E-state index in [9.17, 15) is 18.0 Å². The molecule has 1 atom stereocenters. The Morgan fingerprint density at radius 2 is 1.58 bits per heavy atom. The van der Waals surface area contributed by atoms with Crippen LogP contribution in [0.2, 0.25) is 20.1 Å². The molecule has 0 heterocycles. The molecule has 38 heavy (non-hydrogen) atoms. The number of halogens is 4. The first-order chi connectivity index (χ1) is 17.9. The van der Waals surface area contributed by atoms with Crippen molar-refractivity contribution in [1.82, 2.24) is 10.2 Å². The van der Waals surface area contributed by atoms with E-state index in [2.05, 4.69) is 5.32 Å². The summed E-state index contributed by atoms with van der Waals surface area (Å²) in [6.45, 7) is 2.98. The van der Waals surface area contributed by atoms with Gasteiger partial charge in [0.2, 0.25) is 11.8 Å². The summed E-state index contributed by atoms with van der Waals surface area (Å²) in [5.41, 5.74) is 0.666. The quantitative estimate of drug-likeness (QED) is 0.300. The average Bonchev–Trinajstić information content (AvgIpc) is 2.88. The summed E-state index contributed by atoms with van der Waals surface area (Å²) in [4.78, 5) is 27.8.